The maximum atomic E-state index is 12.8. The number of carbonyl (C=O) groups is 1. The number of carbonyl (C=O) groups excluding carboxylic acids is 1. The zero-order chi connectivity index (χ0) is 20.5. The normalized spacial score (nSPS) is 11.0. The van der Waals surface area contributed by atoms with Crippen LogP contribution in [0, 0.1) is 13.8 Å². The Morgan fingerprint density at radius 2 is 1.93 bits per heavy atom. The molecule has 29 heavy (non-hydrogen) atoms. The van der Waals surface area contributed by atoms with Crippen molar-refractivity contribution in [3.05, 3.63) is 81.5 Å². The summed E-state index contributed by atoms with van der Waals surface area (Å²) in [5, 5.41) is 8.02. The molecule has 2 aromatic heterocycles. The number of para-hydroxylation sites is 1. The van der Waals surface area contributed by atoms with E-state index in [1.54, 1.807) is 22.9 Å². The summed E-state index contributed by atoms with van der Waals surface area (Å²) >= 11 is 6.09. The molecule has 0 fully saturated rings. The fourth-order valence-electron chi connectivity index (χ4n) is 3.13. The smallest absolute Gasteiger partial charge is 0.264 e. The van der Waals surface area contributed by atoms with Crippen LogP contribution in [0.15, 0.2) is 59.8 Å². The van der Waals surface area contributed by atoms with Crippen molar-refractivity contribution < 1.29 is 4.79 Å². The predicted molar refractivity (Wildman–Crippen MR) is 113 cm³/mol. The molecular formula is C21H18ClN5O2. The van der Waals surface area contributed by atoms with Crippen LogP contribution in [-0.2, 0) is 11.3 Å². The maximum absolute atomic E-state index is 12.8. The van der Waals surface area contributed by atoms with Crippen LogP contribution in [0.5, 0.6) is 0 Å². The number of aromatic nitrogens is 4. The van der Waals surface area contributed by atoms with Crippen molar-refractivity contribution in [2.45, 2.75) is 20.4 Å². The van der Waals surface area contributed by atoms with Gasteiger partial charge in [-0.15, -0.1) is 0 Å². The number of hydrogen-bond acceptors (Lipinski definition) is 4. The van der Waals surface area contributed by atoms with Gasteiger partial charge in [-0.2, -0.15) is 5.10 Å². The number of nitrogens with zero attached hydrogens (tertiary/aromatic N) is 4. The topological polar surface area (TPSA) is 81.8 Å². The number of nitrogens with one attached hydrogen (secondary N) is 1. The molecule has 2 heterocycles. The van der Waals surface area contributed by atoms with E-state index in [-0.39, 0.29) is 18.0 Å². The molecule has 0 aliphatic heterocycles. The molecule has 0 aliphatic carbocycles. The van der Waals surface area contributed by atoms with Gasteiger partial charge in [0.2, 0.25) is 5.91 Å². The summed E-state index contributed by atoms with van der Waals surface area (Å²) < 4.78 is 2.90. The van der Waals surface area contributed by atoms with Crippen LogP contribution in [0.25, 0.3) is 16.7 Å². The van der Waals surface area contributed by atoms with Crippen LogP contribution in [0.1, 0.15) is 11.1 Å². The second kappa shape index (κ2) is 7.52. The second-order valence-corrected chi connectivity index (χ2v) is 7.13. The van der Waals surface area contributed by atoms with Crippen molar-refractivity contribution in [2.75, 3.05) is 5.32 Å². The molecule has 0 saturated heterocycles. The number of benzene rings is 2. The monoisotopic (exact) mass is 407 g/mol. The van der Waals surface area contributed by atoms with E-state index in [1.807, 2.05) is 38.1 Å². The summed E-state index contributed by atoms with van der Waals surface area (Å²) in [6, 6.07) is 13.0. The molecule has 0 unspecified atom stereocenters. The summed E-state index contributed by atoms with van der Waals surface area (Å²) in [6.45, 7) is 3.62. The van der Waals surface area contributed by atoms with Gasteiger partial charge in [-0.3, -0.25) is 14.2 Å². The van der Waals surface area contributed by atoms with Crippen LogP contribution in [0.3, 0.4) is 0 Å². The van der Waals surface area contributed by atoms with Crippen molar-refractivity contribution in [3.63, 3.8) is 0 Å². The van der Waals surface area contributed by atoms with Crippen LogP contribution in [0.4, 0.5) is 5.69 Å². The zero-order valence-electron chi connectivity index (χ0n) is 15.9. The Kier molecular flexibility index (Phi) is 4.90. The summed E-state index contributed by atoms with van der Waals surface area (Å²) in [7, 11) is 0. The van der Waals surface area contributed by atoms with E-state index in [0.29, 0.717) is 21.7 Å². The summed E-state index contributed by atoms with van der Waals surface area (Å²) in [5.74, 6) is -0.343. The van der Waals surface area contributed by atoms with E-state index in [0.717, 1.165) is 16.8 Å². The largest absolute Gasteiger partial charge is 0.324 e. The molecule has 0 bridgehead atoms. The first-order valence-electron chi connectivity index (χ1n) is 9.00. The number of anilines is 1. The minimum atomic E-state index is -0.343. The van der Waals surface area contributed by atoms with E-state index in [4.69, 9.17) is 11.6 Å². The summed E-state index contributed by atoms with van der Waals surface area (Å²) in [4.78, 5) is 29.7. The van der Waals surface area contributed by atoms with Crippen molar-refractivity contribution in [1.29, 1.82) is 0 Å². The van der Waals surface area contributed by atoms with Gasteiger partial charge in [0.1, 0.15) is 18.3 Å². The van der Waals surface area contributed by atoms with Gasteiger partial charge >= 0.3 is 0 Å². The van der Waals surface area contributed by atoms with E-state index >= 15 is 0 Å². The highest BCUT2D eigenvalue weighted by atomic mass is 35.5. The molecule has 4 aromatic rings. The van der Waals surface area contributed by atoms with Crippen LogP contribution < -0.4 is 10.9 Å². The molecule has 0 radical (unpaired) electrons. The minimum Gasteiger partial charge on any atom is -0.324 e. The van der Waals surface area contributed by atoms with E-state index in [9.17, 15) is 9.59 Å². The molecule has 1 N–H and O–H groups in total. The highest BCUT2D eigenvalue weighted by molar-refractivity contribution is 6.31. The minimum absolute atomic E-state index is 0.163. The van der Waals surface area contributed by atoms with Crippen molar-refractivity contribution >= 4 is 34.2 Å². The third-order valence-corrected chi connectivity index (χ3v) is 5.16. The maximum Gasteiger partial charge on any atom is 0.264 e. The van der Waals surface area contributed by atoms with E-state index in [2.05, 4.69) is 15.4 Å². The highest BCUT2D eigenvalue weighted by Gasteiger charge is 2.14. The zero-order valence-corrected chi connectivity index (χ0v) is 16.6. The lowest BCUT2D eigenvalue weighted by molar-refractivity contribution is -0.116. The van der Waals surface area contributed by atoms with Gasteiger partial charge in [0, 0.05) is 10.7 Å². The molecule has 0 aliphatic rings. The molecule has 146 valence electrons. The quantitative estimate of drug-likeness (QED) is 0.561. The van der Waals surface area contributed by atoms with Crippen molar-refractivity contribution in [3.8, 4) is 5.69 Å². The Hall–Kier alpha value is -3.45. The van der Waals surface area contributed by atoms with Crippen molar-refractivity contribution in [1.82, 2.24) is 19.3 Å². The standard InChI is InChI=1S/C21H18ClN5O2/c1-13-6-3-4-9-18(13)27-20-15(10-24-27)21(29)26(12-23-20)11-19(28)25-17-8-5-7-16(22)14(17)2/h3-10,12H,11H2,1-2H3,(H,25,28). The van der Waals surface area contributed by atoms with Gasteiger partial charge in [0.25, 0.3) is 5.56 Å². The number of amides is 1. The second-order valence-electron chi connectivity index (χ2n) is 6.72. The molecule has 0 saturated carbocycles. The first-order chi connectivity index (χ1) is 14.0. The molecule has 4 rings (SSSR count). The summed E-state index contributed by atoms with van der Waals surface area (Å²) in [6.07, 6.45) is 2.85. The van der Waals surface area contributed by atoms with Crippen LogP contribution >= 0.6 is 11.6 Å². The van der Waals surface area contributed by atoms with E-state index in [1.165, 1.54) is 17.1 Å². The Morgan fingerprint density at radius 3 is 2.72 bits per heavy atom. The van der Waals surface area contributed by atoms with Gasteiger partial charge in [-0.25, -0.2) is 9.67 Å². The number of fused-ring (bicyclic) bond motifs is 1. The highest BCUT2D eigenvalue weighted by Crippen LogP contribution is 2.23. The van der Waals surface area contributed by atoms with Gasteiger partial charge in [-0.1, -0.05) is 35.9 Å². The first-order valence-corrected chi connectivity index (χ1v) is 9.37. The molecule has 2 aromatic carbocycles. The Balaban J connectivity index is 1.63. The Labute approximate surface area is 171 Å². The molecule has 8 heteroatoms. The average Bonchev–Trinajstić information content (AvgIpc) is 3.13. The Bertz CT molecular complexity index is 1290. The fourth-order valence-corrected chi connectivity index (χ4v) is 3.30. The number of halogens is 1. The lowest BCUT2D eigenvalue weighted by Gasteiger charge is -2.11. The number of aryl methyl sites for hydroxylation is 1. The molecule has 7 nitrogen and oxygen atoms in total. The Morgan fingerprint density at radius 1 is 1.14 bits per heavy atom. The number of rotatable bonds is 4. The van der Waals surface area contributed by atoms with Gasteiger partial charge in [-0.05, 0) is 43.2 Å². The summed E-state index contributed by atoms with van der Waals surface area (Å²) in [5.41, 5.74) is 3.36. The van der Waals surface area contributed by atoms with E-state index < -0.39 is 0 Å². The average molecular weight is 408 g/mol. The molecular weight excluding hydrogens is 390 g/mol. The van der Waals surface area contributed by atoms with Gasteiger partial charge in [0.15, 0.2) is 5.65 Å². The SMILES string of the molecule is Cc1ccccc1-n1ncc2c(=O)n(CC(=O)Nc3cccc(Cl)c3C)cnc21. The van der Waals surface area contributed by atoms with Gasteiger partial charge in [0.05, 0.1) is 11.9 Å². The molecule has 0 atom stereocenters. The molecule has 0 spiro atoms. The van der Waals surface area contributed by atoms with Gasteiger partial charge < -0.3 is 5.32 Å². The third-order valence-electron chi connectivity index (χ3n) is 4.75. The lowest BCUT2D eigenvalue weighted by atomic mass is 10.2. The number of hydrogen-bond donors (Lipinski definition) is 1. The lowest BCUT2D eigenvalue weighted by Crippen LogP contribution is -2.28. The predicted octanol–water partition coefficient (Wildman–Crippen LogP) is 3.49. The van der Waals surface area contributed by atoms with Crippen molar-refractivity contribution in [2.24, 2.45) is 0 Å². The fraction of sp³-hybridized carbons (Fsp3) is 0.143. The van der Waals surface area contributed by atoms with Crippen LogP contribution in [-0.4, -0.2) is 25.2 Å². The first kappa shape index (κ1) is 18.9. The van der Waals surface area contributed by atoms with Crippen LogP contribution in [0.2, 0.25) is 5.02 Å². The molecule has 1 amide bonds. The third kappa shape index (κ3) is 3.52.